The molecule has 2 aliphatic heterocycles. The van der Waals surface area contributed by atoms with Gasteiger partial charge in [0.15, 0.2) is 12.3 Å². The molecule has 0 amide bonds. The molecule has 4 nitrogen and oxygen atoms in total. The van der Waals surface area contributed by atoms with E-state index in [4.69, 9.17) is 9.84 Å². The normalized spacial score (nSPS) is 32.2. The van der Waals surface area contributed by atoms with Crippen molar-refractivity contribution in [2.45, 2.75) is 12.3 Å². The third-order valence-electron chi connectivity index (χ3n) is 1.95. The maximum absolute atomic E-state index is 10.5. The highest BCUT2D eigenvalue weighted by Crippen LogP contribution is 2.20. The second-order valence-corrected chi connectivity index (χ2v) is 2.78. The molecule has 64 valence electrons. The van der Waals surface area contributed by atoms with Crippen molar-refractivity contribution < 1.29 is 14.6 Å². The largest absolute Gasteiger partial charge is 0.479 e. The Hall–Kier alpha value is -1.29. The van der Waals surface area contributed by atoms with Gasteiger partial charge in [-0.25, -0.2) is 4.79 Å². The molecule has 0 saturated carbocycles. The van der Waals surface area contributed by atoms with Crippen molar-refractivity contribution in [1.82, 2.24) is 4.90 Å². The molecular formula is C8H9NO3. The Kier molecular flexibility index (Phi) is 1.62. The van der Waals surface area contributed by atoms with Gasteiger partial charge in [-0.3, -0.25) is 0 Å². The van der Waals surface area contributed by atoms with Gasteiger partial charge in [-0.2, -0.15) is 0 Å². The highest BCUT2D eigenvalue weighted by Gasteiger charge is 2.34. The number of carboxylic acids is 1. The lowest BCUT2D eigenvalue weighted by Crippen LogP contribution is -2.25. The van der Waals surface area contributed by atoms with Gasteiger partial charge in [0.1, 0.15) is 0 Å². The summed E-state index contributed by atoms with van der Waals surface area (Å²) in [6, 6.07) is 0. The molecule has 0 aromatic carbocycles. The Balaban J connectivity index is 2.10. The second kappa shape index (κ2) is 2.64. The Bertz CT molecular complexity index is 239. The summed E-state index contributed by atoms with van der Waals surface area (Å²) in [6.45, 7) is 0.431. The molecule has 0 radical (unpaired) electrons. The summed E-state index contributed by atoms with van der Waals surface area (Å²) < 4.78 is 5.22. The first-order valence-electron chi connectivity index (χ1n) is 3.76. The molecule has 0 aromatic rings. The predicted octanol–water partition coefficient (Wildman–Crippen LogP) is 0.181. The molecule has 1 N–H and O–H groups in total. The van der Waals surface area contributed by atoms with Crippen molar-refractivity contribution in [3.8, 4) is 0 Å². The predicted molar refractivity (Wildman–Crippen MR) is 41.3 cm³/mol. The summed E-state index contributed by atoms with van der Waals surface area (Å²) in [7, 11) is 0. The minimum Gasteiger partial charge on any atom is -0.479 e. The van der Waals surface area contributed by atoms with Crippen LogP contribution in [0.15, 0.2) is 24.4 Å². The summed E-state index contributed by atoms with van der Waals surface area (Å²) in [5.41, 5.74) is 0. The Morgan fingerprint density at radius 2 is 2.42 bits per heavy atom. The molecule has 0 aliphatic carbocycles. The monoisotopic (exact) mass is 167 g/mol. The number of nitrogens with zero attached hydrogens (tertiary/aromatic N) is 1. The van der Waals surface area contributed by atoms with Gasteiger partial charge < -0.3 is 14.7 Å². The van der Waals surface area contributed by atoms with Crippen LogP contribution >= 0.6 is 0 Å². The molecule has 0 spiro atoms. The number of carboxylic acid groups (broad SMARTS) is 1. The van der Waals surface area contributed by atoms with Crippen LogP contribution in [-0.4, -0.2) is 34.9 Å². The quantitative estimate of drug-likeness (QED) is 0.605. The molecule has 4 heteroatoms. The van der Waals surface area contributed by atoms with E-state index in [1.165, 1.54) is 0 Å². The van der Waals surface area contributed by atoms with Gasteiger partial charge in [-0.1, -0.05) is 6.08 Å². The maximum Gasteiger partial charge on any atom is 0.334 e. The van der Waals surface area contributed by atoms with Gasteiger partial charge in [-0.15, -0.1) is 0 Å². The van der Waals surface area contributed by atoms with Crippen LogP contribution in [0.2, 0.25) is 0 Å². The van der Waals surface area contributed by atoms with E-state index < -0.39 is 12.1 Å². The van der Waals surface area contributed by atoms with Gasteiger partial charge in [0.2, 0.25) is 0 Å². The number of aliphatic carboxylic acids is 1. The van der Waals surface area contributed by atoms with E-state index in [9.17, 15) is 4.79 Å². The van der Waals surface area contributed by atoms with Crippen LogP contribution in [0.25, 0.3) is 0 Å². The number of hydrogen-bond donors (Lipinski definition) is 1. The van der Waals surface area contributed by atoms with Gasteiger partial charge >= 0.3 is 5.97 Å². The Morgan fingerprint density at radius 3 is 3.08 bits per heavy atom. The molecule has 2 heterocycles. The van der Waals surface area contributed by atoms with Crippen LogP contribution in [0, 0.1) is 0 Å². The van der Waals surface area contributed by atoms with Crippen molar-refractivity contribution in [3.63, 3.8) is 0 Å². The van der Waals surface area contributed by atoms with Crippen molar-refractivity contribution in [3.05, 3.63) is 24.4 Å². The fourth-order valence-electron chi connectivity index (χ4n) is 1.34. The zero-order valence-corrected chi connectivity index (χ0v) is 6.38. The lowest BCUT2D eigenvalue weighted by molar-refractivity contribution is -0.148. The third kappa shape index (κ3) is 1.10. The molecule has 0 aromatic heterocycles. The van der Waals surface area contributed by atoms with Crippen LogP contribution in [0.4, 0.5) is 0 Å². The SMILES string of the molecule is O=C(O)C1CN2C=CC=CC2O1. The highest BCUT2D eigenvalue weighted by atomic mass is 16.5. The lowest BCUT2D eigenvalue weighted by Gasteiger charge is -2.19. The molecule has 12 heavy (non-hydrogen) atoms. The number of rotatable bonds is 1. The Morgan fingerprint density at radius 1 is 1.58 bits per heavy atom. The number of ether oxygens (including phenoxy) is 1. The van der Waals surface area contributed by atoms with E-state index in [-0.39, 0.29) is 6.23 Å². The fourth-order valence-corrected chi connectivity index (χ4v) is 1.34. The first kappa shape index (κ1) is 7.36. The summed E-state index contributed by atoms with van der Waals surface area (Å²) in [5, 5.41) is 8.66. The summed E-state index contributed by atoms with van der Waals surface area (Å²) in [5.74, 6) is -0.897. The van der Waals surface area contributed by atoms with E-state index >= 15 is 0 Å². The van der Waals surface area contributed by atoms with Crippen LogP contribution in [-0.2, 0) is 9.53 Å². The zero-order chi connectivity index (χ0) is 8.55. The molecule has 2 rings (SSSR count). The van der Waals surface area contributed by atoms with E-state index in [2.05, 4.69) is 0 Å². The number of hydrogen-bond acceptors (Lipinski definition) is 3. The van der Waals surface area contributed by atoms with Crippen LogP contribution in [0.3, 0.4) is 0 Å². The van der Waals surface area contributed by atoms with Gasteiger partial charge in [0, 0.05) is 6.20 Å². The fraction of sp³-hybridized carbons (Fsp3) is 0.375. The van der Waals surface area contributed by atoms with Crippen LogP contribution in [0.1, 0.15) is 0 Å². The standard InChI is InChI=1S/C8H9NO3/c10-8(11)6-5-9-4-2-1-3-7(9)12-6/h1-4,6-7H,5H2,(H,10,11). The van der Waals surface area contributed by atoms with Gasteiger partial charge in [-0.05, 0) is 12.2 Å². The summed E-state index contributed by atoms with van der Waals surface area (Å²) in [4.78, 5) is 12.4. The Labute approximate surface area is 69.7 Å². The van der Waals surface area contributed by atoms with E-state index in [1.54, 1.807) is 0 Å². The number of carbonyl (C=O) groups is 1. The zero-order valence-electron chi connectivity index (χ0n) is 6.38. The smallest absolute Gasteiger partial charge is 0.334 e. The molecule has 0 bridgehead atoms. The number of fused-ring (bicyclic) bond motifs is 1. The summed E-state index contributed by atoms with van der Waals surface area (Å²) >= 11 is 0. The summed E-state index contributed by atoms with van der Waals surface area (Å²) in [6.07, 6.45) is 6.52. The molecule has 2 atom stereocenters. The molecule has 1 saturated heterocycles. The average molecular weight is 167 g/mol. The van der Waals surface area contributed by atoms with E-state index in [0.717, 1.165) is 0 Å². The number of allylic oxidation sites excluding steroid dienone is 2. The first-order chi connectivity index (χ1) is 5.77. The van der Waals surface area contributed by atoms with Crippen molar-refractivity contribution in [2.75, 3.05) is 6.54 Å². The van der Waals surface area contributed by atoms with E-state index in [0.29, 0.717) is 6.54 Å². The molecule has 1 fully saturated rings. The molecular weight excluding hydrogens is 158 g/mol. The minimum atomic E-state index is -0.897. The maximum atomic E-state index is 10.5. The molecule has 2 unspecified atom stereocenters. The van der Waals surface area contributed by atoms with Gasteiger partial charge in [0.25, 0.3) is 0 Å². The van der Waals surface area contributed by atoms with Gasteiger partial charge in [0.05, 0.1) is 6.54 Å². The van der Waals surface area contributed by atoms with Crippen molar-refractivity contribution in [1.29, 1.82) is 0 Å². The topological polar surface area (TPSA) is 49.8 Å². The second-order valence-electron chi connectivity index (χ2n) is 2.78. The first-order valence-corrected chi connectivity index (χ1v) is 3.76. The molecule has 2 aliphatic rings. The van der Waals surface area contributed by atoms with Crippen molar-refractivity contribution >= 4 is 5.97 Å². The van der Waals surface area contributed by atoms with Crippen LogP contribution < -0.4 is 0 Å². The third-order valence-corrected chi connectivity index (χ3v) is 1.95. The highest BCUT2D eigenvalue weighted by molar-refractivity contribution is 5.73. The van der Waals surface area contributed by atoms with Crippen LogP contribution in [0.5, 0.6) is 0 Å². The van der Waals surface area contributed by atoms with Crippen molar-refractivity contribution in [2.24, 2.45) is 0 Å². The van der Waals surface area contributed by atoms with E-state index in [1.807, 2.05) is 29.3 Å². The average Bonchev–Trinajstić information content (AvgIpc) is 2.46. The minimum absolute atomic E-state index is 0.184. The lowest BCUT2D eigenvalue weighted by atomic mass is 10.3.